The molecule has 1 aromatic carbocycles. The van der Waals surface area contributed by atoms with Gasteiger partial charge in [0.2, 0.25) is 0 Å². The second-order valence-electron chi connectivity index (χ2n) is 4.44. The summed E-state index contributed by atoms with van der Waals surface area (Å²) in [5, 5.41) is 9.76. The number of fused-ring (bicyclic) bond motifs is 1. The van der Waals surface area contributed by atoms with Crippen LogP contribution in [0, 0.1) is 0 Å². The molecule has 0 fully saturated rings. The van der Waals surface area contributed by atoms with Gasteiger partial charge in [0.15, 0.2) is 0 Å². The lowest BCUT2D eigenvalue weighted by Gasteiger charge is -2.19. The first-order valence-corrected chi connectivity index (χ1v) is 5.24. The average Bonchev–Trinajstić information content (AvgIpc) is 2.38. The average molecular weight is 205 g/mol. The van der Waals surface area contributed by atoms with Crippen molar-refractivity contribution in [3.63, 3.8) is 0 Å². The van der Waals surface area contributed by atoms with Gasteiger partial charge in [-0.3, -0.25) is 0 Å². The Hall–Kier alpha value is -0.835. The predicted molar refractivity (Wildman–Crippen MR) is 60.9 cm³/mol. The molecule has 0 radical (unpaired) electrons. The highest BCUT2D eigenvalue weighted by Gasteiger charge is 2.40. The van der Waals surface area contributed by atoms with Crippen molar-refractivity contribution in [3.8, 4) is 0 Å². The van der Waals surface area contributed by atoms with Crippen molar-refractivity contribution in [1.29, 1.82) is 0 Å². The van der Waals surface area contributed by atoms with Gasteiger partial charge >= 0.3 is 7.12 Å². The Kier molecular flexibility index (Phi) is 2.58. The summed E-state index contributed by atoms with van der Waals surface area (Å²) in [4.78, 5) is 0. The van der Waals surface area contributed by atoms with E-state index < -0.39 is 12.7 Å². The molecule has 80 valence electrons. The highest BCUT2D eigenvalue weighted by Crippen LogP contribution is 2.29. The molecule has 3 nitrogen and oxygen atoms in total. The second-order valence-corrected chi connectivity index (χ2v) is 4.44. The fraction of sp³-hybridized carbons (Fsp3) is 0.455. The third kappa shape index (κ3) is 1.80. The number of hydrogen-bond donors (Lipinski definition) is 2. The molecule has 0 amide bonds. The molecule has 0 bridgehead atoms. The van der Waals surface area contributed by atoms with Crippen LogP contribution in [0.4, 0.5) is 0 Å². The number of hydrogen-bond acceptors (Lipinski definition) is 3. The lowest BCUT2D eigenvalue weighted by molar-refractivity contribution is 0.101. The van der Waals surface area contributed by atoms with Crippen LogP contribution in [-0.4, -0.2) is 18.7 Å². The van der Waals surface area contributed by atoms with E-state index in [9.17, 15) is 5.02 Å². The third-order valence-corrected chi connectivity index (χ3v) is 2.87. The summed E-state index contributed by atoms with van der Waals surface area (Å²) in [5.74, 6) is 0. The van der Waals surface area contributed by atoms with Gasteiger partial charge in [0.1, 0.15) is 0 Å². The van der Waals surface area contributed by atoms with E-state index in [-0.39, 0.29) is 0 Å². The van der Waals surface area contributed by atoms with E-state index in [1.165, 1.54) is 0 Å². The first-order valence-electron chi connectivity index (χ1n) is 5.24. The molecular weight excluding hydrogens is 189 g/mol. The zero-order chi connectivity index (χ0) is 11.1. The van der Waals surface area contributed by atoms with E-state index in [1.807, 2.05) is 26.0 Å². The third-order valence-electron chi connectivity index (χ3n) is 2.87. The summed E-state index contributed by atoms with van der Waals surface area (Å²) in [6, 6.07) is 6.06. The van der Waals surface area contributed by atoms with E-state index in [4.69, 9.17) is 10.4 Å². The number of benzene rings is 1. The quantitative estimate of drug-likeness (QED) is 0.675. The Morgan fingerprint density at radius 3 is 2.87 bits per heavy atom. The minimum Gasteiger partial charge on any atom is -0.423 e. The van der Waals surface area contributed by atoms with Crippen molar-refractivity contribution in [2.75, 3.05) is 6.54 Å². The molecule has 0 aromatic heterocycles. The van der Waals surface area contributed by atoms with Crippen LogP contribution in [0.5, 0.6) is 0 Å². The monoisotopic (exact) mass is 205 g/mol. The van der Waals surface area contributed by atoms with Gasteiger partial charge in [0, 0.05) is 0 Å². The van der Waals surface area contributed by atoms with Crippen LogP contribution in [0.25, 0.3) is 0 Å². The SMILES string of the molecule is CC1(C)OB(O)c2cc(CCN)ccc21. The summed E-state index contributed by atoms with van der Waals surface area (Å²) >= 11 is 0. The topological polar surface area (TPSA) is 55.5 Å². The molecule has 1 aliphatic heterocycles. The van der Waals surface area contributed by atoms with Crippen molar-refractivity contribution in [2.45, 2.75) is 25.9 Å². The molecule has 0 atom stereocenters. The van der Waals surface area contributed by atoms with Crippen LogP contribution in [0.3, 0.4) is 0 Å². The molecule has 15 heavy (non-hydrogen) atoms. The maximum absolute atomic E-state index is 9.76. The zero-order valence-electron chi connectivity index (χ0n) is 9.16. The van der Waals surface area contributed by atoms with Crippen LogP contribution in [-0.2, 0) is 16.7 Å². The lowest BCUT2D eigenvalue weighted by Crippen LogP contribution is -2.29. The molecule has 1 heterocycles. The molecule has 1 aromatic rings. The minimum absolute atomic E-state index is 0.393. The van der Waals surface area contributed by atoms with Crippen molar-refractivity contribution in [1.82, 2.24) is 0 Å². The molecular formula is C11H16BNO2. The highest BCUT2D eigenvalue weighted by molar-refractivity contribution is 6.62. The largest absolute Gasteiger partial charge is 0.492 e. The molecule has 0 unspecified atom stereocenters. The van der Waals surface area contributed by atoms with Crippen molar-refractivity contribution in [3.05, 3.63) is 29.3 Å². The van der Waals surface area contributed by atoms with E-state index >= 15 is 0 Å². The van der Waals surface area contributed by atoms with Gasteiger partial charge < -0.3 is 15.4 Å². The maximum Gasteiger partial charge on any atom is 0.492 e. The van der Waals surface area contributed by atoms with Crippen LogP contribution in [0.1, 0.15) is 25.0 Å². The number of rotatable bonds is 2. The van der Waals surface area contributed by atoms with Gasteiger partial charge in [-0.2, -0.15) is 0 Å². The van der Waals surface area contributed by atoms with Crippen molar-refractivity contribution < 1.29 is 9.68 Å². The van der Waals surface area contributed by atoms with E-state index in [2.05, 4.69) is 6.07 Å². The van der Waals surface area contributed by atoms with Crippen molar-refractivity contribution in [2.24, 2.45) is 5.73 Å². The first kappa shape index (κ1) is 10.7. The Morgan fingerprint density at radius 1 is 1.47 bits per heavy atom. The molecule has 3 N–H and O–H groups in total. The molecule has 0 saturated carbocycles. The van der Waals surface area contributed by atoms with E-state index in [0.717, 1.165) is 23.0 Å². The summed E-state index contributed by atoms with van der Waals surface area (Å²) in [6.07, 6.45) is 0.834. The summed E-state index contributed by atoms with van der Waals surface area (Å²) in [6.45, 7) is 4.55. The minimum atomic E-state index is -0.798. The molecule has 2 rings (SSSR count). The van der Waals surface area contributed by atoms with Gasteiger partial charge in [0.25, 0.3) is 0 Å². The second kappa shape index (κ2) is 3.63. The van der Waals surface area contributed by atoms with Gasteiger partial charge in [0.05, 0.1) is 5.60 Å². The summed E-state index contributed by atoms with van der Waals surface area (Å²) in [7, 11) is -0.798. The Morgan fingerprint density at radius 2 is 2.20 bits per heavy atom. The maximum atomic E-state index is 9.76. The van der Waals surface area contributed by atoms with Gasteiger partial charge in [-0.25, -0.2) is 0 Å². The molecule has 1 aliphatic rings. The van der Waals surface area contributed by atoms with E-state index in [0.29, 0.717) is 6.54 Å². The van der Waals surface area contributed by atoms with Crippen LogP contribution in [0.15, 0.2) is 18.2 Å². The fourth-order valence-electron chi connectivity index (χ4n) is 2.09. The molecule has 0 aliphatic carbocycles. The standard InChI is InChI=1S/C11H16BNO2/c1-11(2)9-4-3-8(5-6-13)7-10(9)12(14)15-11/h3-4,7,14H,5-6,13H2,1-2H3. The Labute approximate surface area is 90.4 Å². The van der Waals surface area contributed by atoms with Crippen LogP contribution >= 0.6 is 0 Å². The normalized spacial score (nSPS) is 18.0. The number of nitrogens with two attached hydrogens (primary N) is 1. The highest BCUT2D eigenvalue weighted by atomic mass is 16.5. The van der Waals surface area contributed by atoms with Gasteiger partial charge in [-0.15, -0.1) is 0 Å². The van der Waals surface area contributed by atoms with Gasteiger partial charge in [-0.1, -0.05) is 18.2 Å². The zero-order valence-corrected chi connectivity index (χ0v) is 9.16. The Bertz CT molecular complexity index is 379. The molecule has 4 heteroatoms. The van der Waals surface area contributed by atoms with Crippen LogP contribution in [0.2, 0.25) is 0 Å². The fourth-order valence-corrected chi connectivity index (χ4v) is 2.09. The van der Waals surface area contributed by atoms with Gasteiger partial charge in [-0.05, 0) is 43.4 Å². The lowest BCUT2D eigenvalue weighted by atomic mass is 9.77. The van der Waals surface area contributed by atoms with Crippen molar-refractivity contribution >= 4 is 12.6 Å². The van der Waals surface area contributed by atoms with E-state index in [1.54, 1.807) is 0 Å². The first-order chi connectivity index (χ1) is 7.04. The smallest absolute Gasteiger partial charge is 0.423 e. The molecule has 0 spiro atoms. The summed E-state index contributed by atoms with van der Waals surface area (Å²) in [5.41, 5.74) is 8.20. The Balaban J connectivity index is 2.41. The molecule has 0 saturated heterocycles. The summed E-state index contributed by atoms with van der Waals surface area (Å²) < 4.78 is 5.48. The van der Waals surface area contributed by atoms with Crippen LogP contribution < -0.4 is 11.2 Å². The predicted octanol–water partition coefficient (Wildman–Crippen LogP) is 0.141.